The Labute approximate surface area is 87.0 Å². The Morgan fingerprint density at radius 3 is 2.93 bits per heavy atom. The minimum Gasteiger partial charge on any atom is -0.379 e. The normalized spacial score (nSPS) is 10.8. The summed E-state index contributed by atoms with van der Waals surface area (Å²) in [6.07, 6.45) is 0.814. The summed E-state index contributed by atoms with van der Waals surface area (Å²) in [5, 5.41) is 10.9. The highest BCUT2D eigenvalue weighted by Crippen LogP contribution is 2.10. The van der Waals surface area contributed by atoms with Crippen LogP contribution >= 0.6 is 11.8 Å². The molecule has 0 aromatic carbocycles. The Morgan fingerprint density at radius 2 is 2.36 bits per heavy atom. The molecule has 0 unspecified atom stereocenters. The number of aromatic nitrogens is 2. The molecule has 0 atom stereocenters. The highest BCUT2D eigenvalue weighted by Gasteiger charge is 2.08. The average Bonchev–Trinajstić information content (AvgIpc) is 2.47. The standard InChI is InChI=1S/C8H14N4OS/c1-5(2)3-6-11-7(13-12-6)4-14-8(9)10/h5H,3-4H2,1-2H3,(H3,9,10). The van der Waals surface area contributed by atoms with Crippen LogP contribution < -0.4 is 5.73 Å². The first-order valence-electron chi connectivity index (χ1n) is 4.36. The van der Waals surface area contributed by atoms with Crippen LogP contribution in [0, 0.1) is 11.3 Å². The molecule has 0 fully saturated rings. The van der Waals surface area contributed by atoms with Gasteiger partial charge in [-0.2, -0.15) is 4.98 Å². The minimum atomic E-state index is 0.0635. The molecule has 1 aromatic rings. The molecule has 78 valence electrons. The van der Waals surface area contributed by atoms with Crippen LogP contribution in [0.3, 0.4) is 0 Å². The van der Waals surface area contributed by atoms with Gasteiger partial charge in [-0.15, -0.1) is 0 Å². The van der Waals surface area contributed by atoms with Crippen molar-refractivity contribution in [1.29, 1.82) is 5.41 Å². The van der Waals surface area contributed by atoms with Crippen molar-refractivity contribution < 1.29 is 4.52 Å². The van der Waals surface area contributed by atoms with Crippen LogP contribution in [0.2, 0.25) is 0 Å². The number of hydrogen-bond donors (Lipinski definition) is 2. The Hall–Kier alpha value is -1.04. The van der Waals surface area contributed by atoms with Gasteiger partial charge in [-0.25, -0.2) is 0 Å². The molecule has 5 nitrogen and oxygen atoms in total. The number of nitrogens with zero attached hydrogens (tertiary/aromatic N) is 2. The highest BCUT2D eigenvalue weighted by molar-refractivity contribution is 8.12. The molecule has 3 N–H and O–H groups in total. The molecule has 6 heteroatoms. The molecule has 0 aliphatic rings. The van der Waals surface area contributed by atoms with Crippen LogP contribution in [0.5, 0.6) is 0 Å². The molecule has 1 aromatic heterocycles. The van der Waals surface area contributed by atoms with E-state index >= 15 is 0 Å². The lowest BCUT2D eigenvalue weighted by Crippen LogP contribution is -2.03. The van der Waals surface area contributed by atoms with E-state index in [0.29, 0.717) is 17.6 Å². The van der Waals surface area contributed by atoms with Crippen molar-refractivity contribution >= 4 is 16.9 Å². The van der Waals surface area contributed by atoms with Crippen molar-refractivity contribution in [2.45, 2.75) is 26.0 Å². The van der Waals surface area contributed by atoms with Crippen molar-refractivity contribution in [2.24, 2.45) is 11.7 Å². The monoisotopic (exact) mass is 214 g/mol. The summed E-state index contributed by atoms with van der Waals surface area (Å²) in [7, 11) is 0. The molecule has 0 amide bonds. The lowest BCUT2D eigenvalue weighted by atomic mass is 10.1. The molecule has 0 spiro atoms. The highest BCUT2D eigenvalue weighted by atomic mass is 32.2. The van der Waals surface area contributed by atoms with Crippen molar-refractivity contribution in [1.82, 2.24) is 10.1 Å². The van der Waals surface area contributed by atoms with Crippen LogP contribution in [0.1, 0.15) is 25.6 Å². The largest absolute Gasteiger partial charge is 0.379 e. The van der Waals surface area contributed by atoms with Gasteiger partial charge in [0, 0.05) is 6.42 Å². The van der Waals surface area contributed by atoms with Crippen molar-refractivity contribution in [3.05, 3.63) is 11.7 Å². The Bertz CT molecular complexity index is 310. The topological polar surface area (TPSA) is 88.8 Å². The molecule has 0 saturated carbocycles. The molecule has 1 heterocycles. The number of rotatable bonds is 4. The zero-order valence-corrected chi connectivity index (χ0v) is 9.10. The quantitative estimate of drug-likeness (QED) is 0.584. The first-order chi connectivity index (χ1) is 6.58. The predicted octanol–water partition coefficient (Wildman–Crippen LogP) is 1.39. The van der Waals surface area contributed by atoms with Crippen molar-refractivity contribution in [3.63, 3.8) is 0 Å². The lowest BCUT2D eigenvalue weighted by molar-refractivity contribution is 0.382. The van der Waals surface area contributed by atoms with Gasteiger partial charge in [0.05, 0.1) is 5.75 Å². The van der Waals surface area contributed by atoms with E-state index in [1.807, 2.05) is 0 Å². The van der Waals surface area contributed by atoms with E-state index in [2.05, 4.69) is 24.0 Å². The fraction of sp³-hybridized carbons (Fsp3) is 0.625. The molecule has 0 bridgehead atoms. The lowest BCUT2D eigenvalue weighted by Gasteiger charge is -1.96. The number of amidine groups is 1. The van der Waals surface area contributed by atoms with E-state index in [4.69, 9.17) is 15.7 Å². The zero-order chi connectivity index (χ0) is 10.6. The second kappa shape index (κ2) is 4.99. The van der Waals surface area contributed by atoms with Crippen LogP contribution in [0.4, 0.5) is 0 Å². The Kier molecular flexibility index (Phi) is 3.94. The maximum Gasteiger partial charge on any atom is 0.237 e. The molecular weight excluding hydrogens is 200 g/mol. The average molecular weight is 214 g/mol. The molecular formula is C8H14N4OS. The second-order valence-electron chi connectivity index (χ2n) is 3.36. The van der Waals surface area contributed by atoms with E-state index in [9.17, 15) is 0 Å². The van der Waals surface area contributed by atoms with Crippen LogP contribution in [-0.2, 0) is 12.2 Å². The summed E-state index contributed by atoms with van der Waals surface area (Å²) in [6.45, 7) is 4.20. The molecule has 1 rings (SSSR count). The zero-order valence-electron chi connectivity index (χ0n) is 8.28. The van der Waals surface area contributed by atoms with Gasteiger partial charge in [-0.1, -0.05) is 30.8 Å². The fourth-order valence-corrected chi connectivity index (χ4v) is 1.33. The van der Waals surface area contributed by atoms with E-state index in [1.54, 1.807) is 0 Å². The van der Waals surface area contributed by atoms with Gasteiger partial charge in [-0.05, 0) is 5.92 Å². The number of hydrogen-bond acceptors (Lipinski definition) is 5. The summed E-state index contributed by atoms with van der Waals surface area (Å²) in [4.78, 5) is 4.17. The van der Waals surface area contributed by atoms with Gasteiger partial charge in [0.15, 0.2) is 11.0 Å². The van der Waals surface area contributed by atoms with Crippen LogP contribution in [0.25, 0.3) is 0 Å². The summed E-state index contributed by atoms with van der Waals surface area (Å²) >= 11 is 1.18. The first-order valence-corrected chi connectivity index (χ1v) is 5.34. The van der Waals surface area contributed by atoms with Crippen molar-refractivity contribution in [3.8, 4) is 0 Å². The van der Waals surface area contributed by atoms with Gasteiger partial charge >= 0.3 is 0 Å². The number of thioether (sulfide) groups is 1. The summed E-state index contributed by atoms with van der Waals surface area (Å²) in [5.41, 5.74) is 5.18. The Morgan fingerprint density at radius 1 is 1.64 bits per heavy atom. The van der Waals surface area contributed by atoms with Crippen LogP contribution in [0.15, 0.2) is 4.52 Å². The van der Waals surface area contributed by atoms with E-state index in [0.717, 1.165) is 12.2 Å². The maximum absolute atomic E-state index is 7.01. The van der Waals surface area contributed by atoms with Crippen LogP contribution in [-0.4, -0.2) is 15.3 Å². The first kappa shape index (κ1) is 11.0. The third-order valence-corrected chi connectivity index (χ3v) is 2.15. The van der Waals surface area contributed by atoms with Gasteiger partial charge in [-0.3, -0.25) is 5.41 Å². The summed E-state index contributed by atoms with van der Waals surface area (Å²) in [6, 6.07) is 0. The predicted molar refractivity (Wildman–Crippen MR) is 56.0 cm³/mol. The summed E-state index contributed by atoms with van der Waals surface area (Å²) < 4.78 is 4.98. The van der Waals surface area contributed by atoms with Crippen molar-refractivity contribution in [2.75, 3.05) is 0 Å². The molecule has 0 aliphatic carbocycles. The maximum atomic E-state index is 7.01. The van der Waals surface area contributed by atoms with Gasteiger partial charge in [0.2, 0.25) is 5.89 Å². The third-order valence-electron chi connectivity index (χ3n) is 1.45. The third kappa shape index (κ3) is 3.78. The number of nitrogens with two attached hydrogens (primary N) is 1. The fourth-order valence-electron chi connectivity index (χ4n) is 0.936. The SMILES string of the molecule is CC(C)Cc1noc(CSC(=N)N)n1. The smallest absolute Gasteiger partial charge is 0.237 e. The Balaban J connectivity index is 2.46. The van der Waals surface area contributed by atoms with E-state index in [-0.39, 0.29) is 5.17 Å². The van der Waals surface area contributed by atoms with Gasteiger partial charge in [0.25, 0.3) is 0 Å². The van der Waals surface area contributed by atoms with Gasteiger partial charge in [0.1, 0.15) is 0 Å². The molecule has 14 heavy (non-hydrogen) atoms. The van der Waals surface area contributed by atoms with E-state index < -0.39 is 0 Å². The van der Waals surface area contributed by atoms with E-state index in [1.165, 1.54) is 11.8 Å². The van der Waals surface area contributed by atoms with Gasteiger partial charge < -0.3 is 10.3 Å². The molecule has 0 radical (unpaired) electrons. The second-order valence-corrected chi connectivity index (χ2v) is 4.37. The number of nitrogens with one attached hydrogen (secondary N) is 1. The summed E-state index contributed by atoms with van der Waals surface area (Å²) in [5.74, 6) is 2.24. The molecule has 0 saturated heterocycles. The minimum absolute atomic E-state index is 0.0635. The molecule has 0 aliphatic heterocycles.